The van der Waals surface area contributed by atoms with E-state index in [-0.39, 0.29) is 5.91 Å². The molecular formula is C13H20N2O2. The lowest BCUT2D eigenvalue weighted by molar-refractivity contribution is -0.122. The number of rotatable bonds is 6. The van der Waals surface area contributed by atoms with Gasteiger partial charge in [-0.25, -0.2) is 0 Å². The molecule has 0 aliphatic heterocycles. The molecular weight excluding hydrogens is 216 g/mol. The Labute approximate surface area is 102 Å². The van der Waals surface area contributed by atoms with E-state index in [1.165, 1.54) is 0 Å². The molecule has 4 nitrogen and oxygen atoms in total. The largest absolute Gasteiger partial charge is 0.492 e. The molecule has 0 aromatic heterocycles. The molecule has 0 saturated heterocycles. The fourth-order valence-electron chi connectivity index (χ4n) is 1.36. The Morgan fingerprint density at radius 2 is 2.29 bits per heavy atom. The second-order valence-electron chi connectivity index (χ2n) is 3.97. The van der Waals surface area contributed by atoms with E-state index in [2.05, 4.69) is 5.32 Å². The smallest absolute Gasteiger partial charge is 0.237 e. The van der Waals surface area contributed by atoms with Crippen molar-refractivity contribution in [2.24, 2.45) is 5.73 Å². The highest BCUT2D eigenvalue weighted by Gasteiger charge is 2.09. The van der Waals surface area contributed by atoms with Crippen LogP contribution >= 0.6 is 0 Å². The second kappa shape index (κ2) is 6.91. The van der Waals surface area contributed by atoms with Crippen LogP contribution in [0.2, 0.25) is 0 Å². The molecule has 0 bridgehead atoms. The van der Waals surface area contributed by atoms with Gasteiger partial charge in [-0.15, -0.1) is 0 Å². The Kier molecular flexibility index (Phi) is 5.49. The minimum absolute atomic E-state index is 0.125. The molecule has 94 valence electrons. The zero-order valence-corrected chi connectivity index (χ0v) is 10.4. The maximum Gasteiger partial charge on any atom is 0.237 e. The number of ether oxygens (including phenoxy) is 1. The Balaban J connectivity index is 2.22. The second-order valence-corrected chi connectivity index (χ2v) is 3.97. The first-order valence-corrected chi connectivity index (χ1v) is 5.86. The summed E-state index contributed by atoms with van der Waals surface area (Å²) in [5, 5.41) is 2.73. The molecule has 1 amide bonds. The van der Waals surface area contributed by atoms with Crippen molar-refractivity contribution in [3.05, 3.63) is 29.8 Å². The molecule has 0 unspecified atom stereocenters. The fraction of sp³-hybridized carbons (Fsp3) is 0.462. The van der Waals surface area contributed by atoms with Crippen molar-refractivity contribution < 1.29 is 9.53 Å². The molecule has 1 aromatic carbocycles. The number of carbonyl (C=O) groups excluding carboxylic acids is 1. The first kappa shape index (κ1) is 13.5. The molecule has 1 atom stereocenters. The van der Waals surface area contributed by atoms with Crippen molar-refractivity contribution >= 4 is 5.91 Å². The van der Waals surface area contributed by atoms with E-state index >= 15 is 0 Å². The zero-order valence-electron chi connectivity index (χ0n) is 10.4. The molecule has 0 saturated carbocycles. The molecule has 4 heteroatoms. The van der Waals surface area contributed by atoms with Gasteiger partial charge in [-0.2, -0.15) is 0 Å². The molecule has 0 radical (unpaired) electrons. The average Bonchev–Trinajstić information content (AvgIpc) is 2.33. The van der Waals surface area contributed by atoms with Gasteiger partial charge in [0, 0.05) is 0 Å². The lowest BCUT2D eigenvalue weighted by Crippen LogP contribution is -2.41. The molecule has 17 heavy (non-hydrogen) atoms. The van der Waals surface area contributed by atoms with Crippen molar-refractivity contribution in [2.75, 3.05) is 13.2 Å². The number of amides is 1. The maximum atomic E-state index is 11.3. The zero-order chi connectivity index (χ0) is 12.7. The van der Waals surface area contributed by atoms with Gasteiger partial charge in [0.05, 0.1) is 12.6 Å². The van der Waals surface area contributed by atoms with Gasteiger partial charge in [-0.3, -0.25) is 4.79 Å². The third-order valence-corrected chi connectivity index (χ3v) is 2.44. The van der Waals surface area contributed by atoms with Crippen LogP contribution in [0.5, 0.6) is 5.75 Å². The minimum atomic E-state index is -0.422. The van der Waals surface area contributed by atoms with Crippen molar-refractivity contribution in [1.82, 2.24) is 5.32 Å². The number of nitrogens with two attached hydrogens (primary N) is 1. The summed E-state index contributed by atoms with van der Waals surface area (Å²) >= 11 is 0. The molecule has 0 heterocycles. The van der Waals surface area contributed by atoms with Gasteiger partial charge in [-0.1, -0.05) is 19.1 Å². The van der Waals surface area contributed by atoms with Gasteiger partial charge >= 0.3 is 0 Å². The average molecular weight is 236 g/mol. The molecule has 0 aliphatic carbocycles. The standard InChI is InChI=1S/C13H20N2O2/c1-3-12(14)13(16)15-7-8-17-11-6-4-5-10(2)9-11/h4-6,9,12H,3,7-8,14H2,1-2H3,(H,15,16)/t12-/m0/s1. The predicted molar refractivity (Wildman–Crippen MR) is 68.0 cm³/mol. The van der Waals surface area contributed by atoms with Gasteiger partial charge in [0.1, 0.15) is 12.4 Å². The topological polar surface area (TPSA) is 64.4 Å². The summed E-state index contributed by atoms with van der Waals surface area (Å²) in [6.45, 7) is 4.81. The number of carbonyl (C=O) groups is 1. The van der Waals surface area contributed by atoms with Crippen LogP contribution in [0.1, 0.15) is 18.9 Å². The molecule has 0 aliphatic rings. The normalized spacial score (nSPS) is 11.9. The fourth-order valence-corrected chi connectivity index (χ4v) is 1.36. The van der Waals surface area contributed by atoms with Crippen LogP contribution in [0.4, 0.5) is 0 Å². The molecule has 0 spiro atoms. The summed E-state index contributed by atoms with van der Waals surface area (Å²) in [4.78, 5) is 11.3. The van der Waals surface area contributed by atoms with Crippen LogP contribution in [0.3, 0.4) is 0 Å². The number of aryl methyl sites for hydroxylation is 1. The Hall–Kier alpha value is -1.55. The quantitative estimate of drug-likeness (QED) is 0.730. The van der Waals surface area contributed by atoms with Crippen molar-refractivity contribution in [3.8, 4) is 5.75 Å². The first-order chi connectivity index (χ1) is 8.13. The predicted octanol–water partition coefficient (Wildman–Crippen LogP) is 1.23. The number of hydrogen-bond acceptors (Lipinski definition) is 3. The van der Waals surface area contributed by atoms with Crippen molar-refractivity contribution in [1.29, 1.82) is 0 Å². The molecule has 1 rings (SSSR count). The van der Waals surface area contributed by atoms with Gasteiger partial charge in [0.2, 0.25) is 5.91 Å². The summed E-state index contributed by atoms with van der Waals surface area (Å²) in [7, 11) is 0. The van der Waals surface area contributed by atoms with E-state index in [9.17, 15) is 4.79 Å². The third-order valence-electron chi connectivity index (χ3n) is 2.44. The summed E-state index contributed by atoms with van der Waals surface area (Å²) in [6.07, 6.45) is 0.643. The van der Waals surface area contributed by atoms with Crippen molar-refractivity contribution in [3.63, 3.8) is 0 Å². The molecule has 0 fully saturated rings. The Morgan fingerprint density at radius 3 is 2.94 bits per heavy atom. The summed E-state index contributed by atoms with van der Waals surface area (Å²) in [5.74, 6) is 0.694. The summed E-state index contributed by atoms with van der Waals surface area (Å²) in [5.41, 5.74) is 6.73. The van der Waals surface area contributed by atoms with E-state index in [0.717, 1.165) is 11.3 Å². The van der Waals surface area contributed by atoms with E-state index in [1.54, 1.807) is 0 Å². The first-order valence-electron chi connectivity index (χ1n) is 5.86. The highest BCUT2D eigenvalue weighted by molar-refractivity contribution is 5.81. The van der Waals surface area contributed by atoms with Crippen LogP contribution in [-0.2, 0) is 4.79 Å². The lowest BCUT2D eigenvalue weighted by atomic mass is 10.2. The molecule has 1 aromatic rings. The monoisotopic (exact) mass is 236 g/mol. The number of benzene rings is 1. The van der Waals surface area contributed by atoms with E-state index in [4.69, 9.17) is 10.5 Å². The van der Waals surface area contributed by atoms with Gasteiger partial charge in [0.15, 0.2) is 0 Å². The van der Waals surface area contributed by atoms with Crippen molar-refractivity contribution in [2.45, 2.75) is 26.3 Å². The van der Waals surface area contributed by atoms with Gasteiger partial charge in [0.25, 0.3) is 0 Å². The van der Waals surface area contributed by atoms with Gasteiger partial charge in [-0.05, 0) is 31.0 Å². The van der Waals surface area contributed by atoms with E-state index in [0.29, 0.717) is 19.6 Å². The SMILES string of the molecule is CC[C@H](N)C(=O)NCCOc1cccc(C)c1. The minimum Gasteiger partial charge on any atom is -0.492 e. The number of hydrogen-bond donors (Lipinski definition) is 2. The maximum absolute atomic E-state index is 11.3. The Bertz CT molecular complexity index is 366. The third kappa shape index (κ3) is 4.87. The summed E-state index contributed by atoms with van der Waals surface area (Å²) < 4.78 is 5.50. The molecule has 3 N–H and O–H groups in total. The summed E-state index contributed by atoms with van der Waals surface area (Å²) in [6, 6.07) is 7.38. The van der Waals surface area contributed by atoms with E-state index < -0.39 is 6.04 Å². The highest BCUT2D eigenvalue weighted by Crippen LogP contribution is 2.11. The van der Waals surface area contributed by atoms with Crippen LogP contribution in [0.25, 0.3) is 0 Å². The number of nitrogens with one attached hydrogen (secondary N) is 1. The van der Waals surface area contributed by atoms with Crippen LogP contribution in [-0.4, -0.2) is 25.1 Å². The highest BCUT2D eigenvalue weighted by atomic mass is 16.5. The van der Waals surface area contributed by atoms with Crippen LogP contribution in [0, 0.1) is 6.92 Å². The van der Waals surface area contributed by atoms with Crippen LogP contribution < -0.4 is 15.8 Å². The van der Waals surface area contributed by atoms with Crippen LogP contribution in [0.15, 0.2) is 24.3 Å². The lowest BCUT2D eigenvalue weighted by Gasteiger charge is -2.11. The van der Waals surface area contributed by atoms with Gasteiger partial charge < -0.3 is 15.8 Å². The van der Waals surface area contributed by atoms with E-state index in [1.807, 2.05) is 38.1 Å². The Morgan fingerprint density at radius 1 is 1.53 bits per heavy atom.